The molecule has 4 heteroatoms. The number of hydrogen-bond acceptors (Lipinski definition) is 4. The summed E-state index contributed by atoms with van der Waals surface area (Å²) in [5.74, 6) is 0. The Balaban J connectivity index is 1.69. The minimum absolute atomic E-state index is 0.200. The highest BCUT2D eigenvalue weighted by Gasteiger charge is 2.41. The van der Waals surface area contributed by atoms with Crippen molar-refractivity contribution in [2.45, 2.75) is 78.4 Å². The summed E-state index contributed by atoms with van der Waals surface area (Å²) in [5.41, 5.74) is 2.30. The van der Waals surface area contributed by atoms with Crippen LogP contribution in [0.4, 0.5) is 0 Å². The Hall–Kier alpha value is -0.940. The lowest BCUT2D eigenvalue weighted by molar-refractivity contribution is -0.181. The van der Waals surface area contributed by atoms with Crippen molar-refractivity contribution in [3.8, 4) is 0 Å². The second-order valence-electron chi connectivity index (χ2n) is 10.0. The van der Waals surface area contributed by atoms with E-state index in [1.54, 1.807) is 0 Å². The van der Waals surface area contributed by atoms with E-state index in [2.05, 4.69) is 65.8 Å². The molecule has 2 fully saturated rings. The summed E-state index contributed by atoms with van der Waals surface area (Å²) in [4.78, 5) is 0. The minimum Gasteiger partial charge on any atom is -0.380 e. The standard InChI is InChI=1S/C26H42O4/c1-7-23(5,29-19-25(9-3)15-27-16-25)21-11-13-22(14-12-21)24(6,8-2)30-20-26(10-4)17-28-18-26/h11-14H,7-10,15-20H2,1-6H3. The predicted octanol–water partition coefficient (Wildman–Crippen LogP) is 5.82. The Kier molecular flexibility index (Phi) is 7.33. The fourth-order valence-electron chi connectivity index (χ4n) is 4.14. The first-order chi connectivity index (χ1) is 14.3. The van der Waals surface area contributed by atoms with Gasteiger partial charge in [-0.2, -0.15) is 0 Å². The van der Waals surface area contributed by atoms with Gasteiger partial charge in [-0.1, -0.05) is 52.0 Å². The molecule has 30 heavy (non-hydrogen) atoms. The monoisotopic (exact) mass is 418 g/mol. The zero-order valence-electron chi connectivity index (χ0n) is 20.0. The summed E-state index contributed by atoms with van der Waals surface area (Å²) in [7, 11) is 0. The van der Waals surface area contributed by atoms with Gasteiger partial charge in [0.15, 0.2) is 0 Å². The lowest BCUT2D eigenvalue weighted by atomic mass is 9.83. The van der Waals surface area contributed by atoms with Crippen molar-refractivity contribution in [3.63, 3.8) is 0 Å². The van der Waals surface area contributed by atoms with Crippen LogP contribution >= 0.6 is 0 Å². The van der Waals surface area contributed by atoms with Crippen LogP contribution in [0.15, 0.2) is 24.3 Å². The SMILES string of the molecule is CCC1(COC(C)(CC)c2ccc(C(C)(CC)OCC3(CC)COC3)cc2)COC1. The molecule has 4 nitrogen and oxygen atoms in total. The van der Waals surface area contributed by atoms with E-state index >= 15 is 0 Å². The van der Waals surface area contributed by atoms with E-state index in [0.29, 0.717) is 0 Å². The van der Waals surface area contributed by atoms with Crippen LogP contribution < -0.4 is 0 Å². The van der Waals surface area contributed by atoms with Gasteiger partial charge in [-0.3, -0.25) is 0 Å². The second kappa shape index (κ2) is 9.28. The number of hydrogen-bond donors (Lipinski definition) is 0. The van der Waals surface area contributed by atoms with Gasteiger partial charge in [-0.05, 0) is 50.7 Å². The average Bonchev–Trinajstić information content (AvgIpc) is 2.72. The molecule has 1 aromatic rings. The van der Waals surface area contributed by atoms with Gasteiger partial charge in [0.2, 0.25) is 0 Å². The topological polar surface area (TPSA) is 36.9 Å². The van der Waals surface area contributed by atoms with Gasteiger partial charge in [0.1, 0.15) is 0 Å². The molecular weight excluding hydrogens is 376 g/mol. The first-order valence-electron chi connectivity index (χ1n) is 11.8. The molecule has 0 bridgehead atoms. The third-order valence-electron chi connectivity index (χ3n) is 7.98. The van der Waals surface area contributed by atoms with Gasteiger partial charge in [0.25, 0.3) is 0 Å². The van der Waals surface area contributed by atoms with Crippen molar-refractivity contribution in [2.75, 3.05) is 39.6 Å². The van der Waals surface area contributed by atoms with Crippen molar-refractivity contribution in [1.29, 1.82) is 0 Å². The Labute approximate surface area is 183 Å². The first kappa shape index (κ1) is 23.7. The molecule has 1 aromatic carbocycles. The summed E-state index contributed by atoms with van der Waals surface area (Å²) in [6, 6.07) is 8.92. The Bertz CT molecular complexity index is 607. The van der Waals surface area contributed by atoms with Gasteiger partial charge in [0, 0.05) is 10.8 Å². The van der Waals surface area contributed by atoms with Gasteiger partial charge < -0.3 is 18.9 Å². The molecule has 0 spiro atoms. The summed E-state index contributed by atoms with van der Waals surface area (Å²) in [6.45, 7) is 18.1. The summed E-state index contributed by atoms with van der Waals surface area (Å²) in [6.07, 6.45) is 4.07. The first-order valence-corrected chi connectivity index (χ1v) is 11.8. The summed E-state index contributed by atoms with van der Waals surface area (Å²) < 4.78 is 24.0. The number of rotatable bonds is 12. The molecule has 0 N–H and O–H groups in total. The zero-order valence-corrected chi connectivity index (χ0v) is 20.0. The molecule has 0 amide bonds. The normalized spacial score (nSPS) is 23.7. The van der Waals surface area contributed by atoms with E-state index in [1.165, 1.54) is 11.1 Å². The fourth-order valence-corrected chi connectivity index (χ4v) is 4.14. The number of benzene rings is 1. The van der Waals surface area contributed by atoms with Crippen molar-refractivity contribution >= 4 is 0 Å². The third-order valence-corrected chi connectivity index (χ3v) is 7.98. The molecule has 2 aliphatic rings. The van der Waals surface area contributed by atoms with Crippen molar-refractivity contribution in [1.82, 2.24) is 0 Å². The number of ether oxygens (including phenoxy) is 4. The van der Waals surface area contributed by atoms with Crippen LogP contribution in [0.5, 0.6) is 0 Å². The molecule has 170 valence electrons. The van der Waals surface area contributed by atoms with Gasteiger partial charge in [-0.15, -0.1) is 0 Å². The Morgan fingerprint density at radius 3 is 1.23 bits per heavy atom. The molecule has 2 heterocycles. The fraction of sp³-hybridized carbons (Fsp3) is 0.769. The maximum Gasteiger partial charge on any atom is 0.0901 e. The van der Waals surface area contributed by atoms with Crippen molar-refractivity contribution in [3.05, 3.63) is 35.4 Å². The van der Waals surface area contributed by atoms with Crippen molar-refractivity contribution < 1.29 is 18.9 Å². The van der Waals surface area contributed by atoms with Crippen LogP contribution in [-0.2, 0) is 30.1 Å². The molecular formula is C26H42O4. The van der Waals surface area contributed by atoms with E-state index in [-0.39, 0.29) is 22.0 Å². The molecule has 0 aliphatic carbocycles. The van der Waals surface area contributed by atoms with Crippen LogP contribution in [0.25, 0.3) is 0 Å². The van der Waals surface area contributed by atoms with E-state index in [0.717, 1.165) is 65.3 Å². The van der Waals surface area contributed by atoms with E-state index in [4.69, 9.17) is 18.9 Å². The highest BCUT2D eigenvalue weighted by molar-refractivity contribution is 5.30. The van der Waals surface area contributed by atoms with Gasteiger partial charge in [-0.25, -0.2) is 0 Å². The predicted molar refractivity (Wildman–Crippen MR) is 121 cm³/mol. The van der Waals surface area contributed by atoms with Crippen LogP contribution in [-0.4, -0.2) is 39.6 Å². The highest BCUT2D eigenvalue weighted by atomic mass is 16.5. The molecule has 0 radical (unpaired) electrons. The van der Waals surface area contributed by atoms with Crippen LogP contribution in [0.3, 0.4) is 0 Å². The minimum atomic E-state index is -0.282. The summed E-state index contributed by atoms with van der Waals surface area (Å²) >= 11 is 0. The van der Waals surface area contributed by atoms with Crippen LogP contribution in [0.2, 0.25) is 0 Å². The van der Waals surface area contributed by atoms with Crippen LogP contribution in [0.1, 0.15) is 78.4 Å². The molecule has 3 rings (SSSR count). The van der Waals surface area contributed by atoms with Gasteiger partial charge in [0.05, 0.1) is 50.8 Å². The Morgan fingerprint density at radius 1 is 0.700 bits per heavy atom. The smallest absolute Gasteiger partial charge is 0.0901 e. The van der Waals surface area contributed by atoms with E-state index in [9.17, 15) is 0 Å². The second-order valence-corrected chi connectivity index (χ2v) is 10.0. The maximum atomic E-state index is 6.52. The maximum absolute atomic E-state index is 6.52. The summed E-state index contributed by atoms with van der Waals surface area (Å²) in [5, 5.41) is 0. The average molecular weight is 419 g/mol. The molecule has 2 saturated heterocycles. The van der Waals surface area contributed by atoms with E-state index < -0.39 is 0 Å². The molecule has 0 aromatic heterocycles. The third kappa shape index (κ3) is 4.62. The lowest BCUT2D eigenvalue weighted by Gasteiger charge is -2.43. The van der Waals surface area contributed by atoms with Gasteiger partial charge >= 0.3 is 0 Å². The molecule has 2 atom stereocenters. The van der Waals surface area contributed by atoms with Crippen molar-refractivity contribution in [2.24, 2.45) is 10.8 Å². The lowest BCUT2D eigenvalue weighted by Crippen LogP contribution is -2.47. The van der Waals surface area contributed by atoms with Crippen LogP contribution in [0, 0.1) is 10.8 Å². The molecule has 2 aliphatic heterocycles. The largest absolute Gasteiger partial charge is 0.380 e. The molecule has 0 saturated carbocycles. The van der Waals surface area contributed by atoms with E-state index in [1.807, 2.05) is 0 Å². The highest BCUT2D eigenvalue weighted by Crippen LogP contribution is 2.39. The zero-order chi connectivity index (χ0) is 21.9. The Morgan fingerprint density at radius 2 is 1.03 bits per heavy atom. The quantitative estimate of drug-likeness (QED) is 0.428. The molecule has 2 unspecified atom stereocenters.